The molecule has 0 unspecified atom stereocenters. The summed E-state index contributed by atoms with van der Waals surface area (Å²) in [5.41, 5.74) is 2.89. The maximum absolute atomic E-state index is 12.3. The molecule has 134 valence electrons. The Morgan fingerprint density at radius 1 is 1.16 bits per heavy atom. The van der Waals surface area contributed by atoms with Crippen LogP contribution in [-0.4, -0.2) is 24.7 Å². The first-order valence-corrected chi connectivity index (χ1v) is 9.59. The highest BCUT2D eigenvalue weighted by molar-refractivity contribution is 7.99. The summed E-state index contributed by atoms with van der Waals surface area (Å²) in [5, 5.41) is 6.42. The van der Waals surface area contributed by atoms with Crippen LogP contribution < -0.4 is 10.6 Å². The molecular formula is C20H25ClN2OS. The lowest BCUT2D eigenvalue weighted by Crippen LogP contribution is -2.28. The lowest BCUT2D eigenvalue weighted by atomic mass is 9.91. The van der Waals surface area contributed by atoms with Gasteiger partial charge in [-0.3, -0.25) is 4.79 Å². The van der Waals surface area contributed by atoms with E-state index in [0.29, 0.717) is 11.5 Å². The zero-order valence-corrected chi connectivity index (χ0v) is 16.1. The summed E-state index contributed by atoms with van der Waals surface area (Å²) >= 11 is 1.78. The number of carbonyl (C=O) groups is 1. The fourth-order valence-electron chi connectivity index (χ4n) is 3.05. The molecule has 25 heavy (non-hydrogen) atoms. The Balaban J connectivity index is 0.00000225. The number of benzene rings is 2. The standard InChI is InChI=1S/C20H24N2OS.ClH/c1-2-24-19-11-7-16(8-12-19)20(23)22-18-9-5-15(6-10-18)17-4-3-13-21-14-17;/h5-12,17,21H,2-4,13-14H2,1H3,(H,22,23);1H/t17-;/m1./s1. The Kier molecular flexibility index (Phi) is 7.82. The minimum Gasteiger partial charge on any atom is -0.322 e. The topological polar surface area (TPSA) is 41.1 Å². The molecule has 1 aliphatic heterocycles. The number of hydrogen-bond donors (Lipinski definition) is 2. The number of rotatable bonds is 5. The third-order valence-corrected chi connectivity index (χ3v) is 5.26. The van der Waals surface area contributed by atoms with Crippen LogP contribution in [0, 0.1) is 0 Å². The van der Waals surface area contributed by atoms with E-state index in [4.69, 9.17) is 0 Å². The first kappa shape index (κ1) is 19.8. The summed E-state index contributed by atoms with van der Waals surface area (Å²) in [5.74, 6) is 1.57. The quantitative estimate of drug-likeness (QED) is 0.726. The number of carbonyl (C=O) groups excluding carboxylic acids is 1. The van der Waals surface area contributed by atoms with Gasteiger partial charge in [0.15, 0.2) is 0 Å². The molecule has 1 saturated heterocycles. The fourth-order valence-corrected chi connectivity index (χ4v) is 3.71. The molecule has 1 fully saturated rings. The third-order valence-electron chi connectivity index (χ3n) is 4.36. The molecule has 1 amide bonds. The Morgan fingerprint density at radius 3 is 2.48 bits per heavy atom. The van der Waals surface area contributed by atoms with Crippen LogP contribution in [0.1, 0.15) is 41.6 Å². The van der Waals surface area contributed by atoms with Gasteiger partial charge < -0.3 is 10.6 Å². The SMILES string of the molecule is CCSc1ccc(C(=O)Nc2ccc([C@@H]3CCCNC3)cc2)cc1.Cl. The van der Waals surface area contributed by atoms with Crippen LogP contribution in [0.25, 0.3) is 0 Å². The van der Waals surface area contributed by atoms with Gasteiger partial charge in [-0.05, 0) is 73.0 Å². The van der Waals surface area contributed by atoms with Crippen molar-refractivity contribution < 1.29 is 4.79 Å². The van der Waals surface area contributed by atoms with E-state index < -0.39 is 0 Å². The second kappa shape index (κ2) is 9.85. The molecule has 0 saturated carbocycles. The van der Waals surface area contributed by atoms with Crippen LogP contribution in [0.2, 0.25) is 0 Å². The van der Waals surface area contributed by atoms with Gasteiger partial charge in [0.05, 0.1) is 0 Å². The molecule has 0 spiro atoms. The molecule has 0 aromatic heterocycles. The van der Waals surface area contributed by atoms with E-state index in [1.807, 2.05) is 36.4 Å². The predicted molar refractivity (Wildman–Crippen MR) is 109 cm³/mol. The van der Waals surface area contributed by atoms with Gasteiger partial charge in [-0.15, -0.1) is 24.2 Å². The van der Waals surface area contributed by atoms with Gasteiger partial charge in [-0.2, -0.15) is 0 Å². The first-order valence-electron chi connectivity index (χ1n) is 8.61. The summed E-state index contributed by atoms with van der Waals surface area (Å²) in [4.78, 5) is 13.5. The van der Waals surface area contributed by atoms with Crippen molar-refractivity contribution in [3.8, 4) is 0 Å². The molecule has 1 heterocycles. The van der Waals surface area contributed by atoms with Gasteiger partial charge in [0.1, 0.15) is 0 Å². The molecule has 3 nitrogen and oxygen atoms in total. The van der Waals surface area contributed by atoms with Crippen molar-refractivity contribution in [2.45, 2.75) is 30.6 Å². The summed E-state index contributed by atoms with van der Waals surface area (Å²) in [7, 11) is 0. The second-order valence-electron chi connectivity index (χ2n) is 6.08. The number of thioether (sulfide) groups is 1. The number of hydrogen-bond acceptors (Lipinski definition) is 3. The number of halogens is 1. The third kappa shape index (κ3) is 5.50. The van der Waals surface area contributed by atoms with Crippen molar-refractivity contribution in [3.63, 3.8) is 0 Å². The van der Waals surface area contributed by atoms with Gasteiger partial charge in [0.25, 0.3) is 5.91 Å². The summed E-state index contributed by atoms with van der Waals surface area (Å²) < 4.78 is 0. The number of amides is 1. The summed E-state index contributed by atoms with van der Waals surface area (Å²) in [6, 6.07) is 16.0. The lowest BCUT2D eigenvalue weighted by molar-refractivity contribution is 0.102. The van der Waals surface area contributed by atoms with Crippen molar-refractivity contribution in [2.24, 2.45) is 0 Å². The van der Waals surface area contributed by atoms with Gasteiger partial charge in [0, 0.05) is 22.7 Å². The van der Waals surface area contributed by atoms with Gasteiger partial charge in [-0.25, -0.2) is 0 Å². The van der Waals surface area contributed by atoms with Crippen LogP contribution in [0.3, 0.4) is 0 Å². The number of anilines is 1. The molecule has 0 bridgehead atoms. The maximum Gasteiger partial charge on any atom is 0.255 e. The molecule has 1 aliphatic rings. The van der Waals surface area contributed by atoms with Crippen molar-refractivity contribution in [1.82, 2.24) is 5.32 Å². The average Bonchev–Trinajstić information content (AvgIpc) is 2.64. The maximum atomic E-state index is 12.3. The van der Waals surface area contributed by atoms with E-state index in [-0.39, 0.29) is 18.3 Å². The van der Waals surface area contributed by atoms with Crippen molar-refractivity contribution in [3.05, 3.63) is 59.7 Å². The average molecular weight is 377 g/mol. The molecule has 0 radical (unpaired) electrons. The number of piperidine rings is 1. The molecule has 2 aromatic carbocycles. The molecule has 5 heteroatoms. The summed E-state index contributed by atoms with van der Waals surface area (Å²) in [6.45, 7) is 4.30. The molecule has 1 atom stereocenters. The molecule has 2 aromatic rings. The van der Waals surface area contributed by atoms with Crippen LogP contribution in [0.5, 0.6) is 0 Å². The Morgan fingerprint density at radius 2 is 1.88 bits per heavy atom. The van der Waals surface area contributed by atoms with Crippen LogP contribution in [0.15, 0.2) is 53.4 Å². The fraction of sp³-hybridized carbons (Fsp3) is 0.350. The predicted octanol–water partition coefficient (Wildman–Crippen LogP) is 4.94. The van der Waals surface area contributed by atoms with Crippen LogP contribution in [0.4, 0.5) is 5.69 Å². The van der Waals surface area contributed by atoms with Crippen LogP contribution >= 0.6 is 24.2 Å². The van der Waals surface area contributed by atoms with E-state index in [9.17, 15) is 4.79 Å². The van der Waals surface area contributed by atoms with Gasteiger partial charge in [0.2, 0.25) is 0 Å². The lowest BCUT2D eigenvalue weighted by Gasteiger charge is -2.23. The van der Waals surface area contributed by atoms with Crippen molar-refractivity contribution in [1.29, 1.82) is 0 Å². The molecular weight excluding hydrogens is 352 g/mol. The summed E-state index contributed by atoms with van der Waals surface area (Å²) in [6.07, 6.45) is 2.47. The van der Waals surface area contributed by atoms with Crippen molar-refractivity contribution >= 4 is 35.8 Å². The normalized spacial score (nSPS) is 16.8. The van der Waals surface area contributed by atoms with E-state index in [1.54, 1.807) is 11.8 Å². The van der Waals surface area contributed by atoms with E-state index in [1.165, 1.54) is 23.3 Å². The van der Waals surface area contributed by atoms with Crippen molar-refractivity contribution in [2.75, 3.05) is 24.2 Å². The Labute approximate surface area is 160 Å². The van der Waals surface area contributed by atoms with E-state index >= 15 is 0 Å². The highest BCUT2D eigenvalue weighted by Crippen LogP contribution is 2.24. The highest BCUT2D eigenvalue weighted by Gasteiger charge is 2.15. The Hall–Kier alpha value is -1.49. The number of nitrogens with one attached hydrogen (secondary N) is 2. The largest absolute Gasteiger partial charge is 0.322 e. The van der Waals surface area contributed by atoms with Gasteiger partial charge in [-0.1, -0.05) is 19.1 Å². The monoisotopic (exact) mass is 376 g/mol. The zero-order chi connectivity index (χ0) is 16.8. The van der Waals surface area contributed by atoms with Gasteiger partial charge >= 0.3 is 0 Å². The minimum absolute atomic E-state index is 0. The Bertz CT molecular complexity index is 667. The second-order valence-corrected chi connectivity index (χ2v) is 7.41. The molecule has 3 rings (SSSR count). The smallest absolute Gasteiger partial charge is 0.255 e. The zero-order valence-electron chi connectivity index (χ0n) is 14.5. The minimum atomic E-state index is -0.0601. The highest BCUT2D eigenvalue weighted by atomic mass is 35.5. The van der Waals surface area contributed by atoms with E-state index in [0.717, 1.165) is 24.5 Å². The molecule has 0 aliphatic carbocycles. The van der Waals surface area contributed by atoms with Crippen LogP contribution in [-0.2, 0) is 0 Å². The first-order chi connectivity index (χ1) is 11.8. The molecule has 2 N–H and O–H groups in total. The van der Waals surface area contributed by atoms with E-state index in [2.05, 4.69) is 29.7 Å².